The number of carbonyl (C=O) groups is 2. The molecule has 0 heterocycles. The zero-order chi connectivity index (χ0) is 16.1. The minimum atomic E-state index is -4.46. The van der Waals surface area contributed by atoms with Gasteiger partial charge in [0, 0.05) is 19.0 Å². The lowest BCUT2D eigenvalue weighted by atomic mass is 9.80. The van der Waals surface area contributed by atoms with Crippen LogP contribution in [-0.4, -0.2) is 48.6 Å². The molecule has 0 bridgehead atoms. The van der Waals surface area contributed by atoms with Crippen LogP contribution >= 0.6 is 0 Å². The number of carbonyl (C=O) groups excluding carboxylic acids is 2. The Morgan fingerprint density at radius 3 is 2.33 bits per heavy atom. The molecule has 122 valence electrons. The normalized spacial score (nSPS) is 18.1. The summed E-state index contributed by atoms with van der Waals surface area (Å²) in [5.74, 6) is -1.15. The molecule has 0 unspecified atom stereocenters. The van der Waals surface area contributed by atoms with Gasteiger partial charge in [-0.15, -0.1) is 0 Å². The quantitative estimate of drug-likeness (QED) is 0.800. The molecule has 1 aliphatic carbocycles. The predicted molar refractivity (Wildman–Crippen MR) is 71.3 cm³/mol. The highest BCUT2D eigenvalue weighted by molar-refractivity contribution is 5.85. The van der Waals surface area contributed by atoms with E-state index < -0.39 is 30.7 Å². The van der Waals surface area contributed by atoms with Crippen molar-refractivity contribution in [2.45, 2.75) is 50.2 Å². The van der Waals surface area contributed by atoms with Crippen LogP contribution in [0.4, 0.5) is 13.2 Å². The van der Waals surface area contributed by atoms with Crippen molar-refractivity contribution in [3.63, 3.8) is 0 Å². The molecule has 1 rings (SSSR count). The summed E-state index contributed by atoms with van der Waals surface area (Å²) in [6, 6.07) is 0. The molecule has 0 radical (unpaired) electrons. The molecule has 0 aromatic carbocycles. The maximum Gasteiger partial charge on any atom is 0.405 e. The number of halogens is 3. The third-order valence-corrected chi connectivity index (χ3v) is 3.65. The van der Waals surface area contributed by atoms with E-state index in [0.29, 0.717) is 0 Å². The number of amides is 2. The van der Waals surface area contributed by atoms with Gasteiger partial charge in [-0.05, 0) is 12.8 Å². The second kappa shape index (κ2) is 7.11. The van der Waals surface area contributed by atoms with Crippen LogP contribution in [0.1, 0.15) is 38.5 Å². The van der Waals surface area contributed by atoms with Gasteiger partial charge in [0.1, 0.15) is 6.54 Å². The van der Waals surface area contributed by atoms with Crippen molar-refractivity contribution < 1.29 is 22.8 Å². The first-order valence-corrected chi connectivity index (χ1v) is 6.98. The first-order chi connectivity index (χ1) is 9.61. The fraction of sp³-hybridized carbons (Fsp3) is 0.846. The maximum atomic E-state index is 12.0. The van der Waals surface area contributed by atoms with Gasteiger partial charge in [0.25, 0.3) is 0 Å². The monoisotopic (exact) mass is 309 g/mol. The van der Waals surface area contributed by atoms with Crippen molar-refractivity contribution in [3.8, 4) is 0 Å². The van der Waals surface area contributed by atoms with Crippen LogP contribution in [0.5, 0.6) is 0 Å². The Balaban J connectivity index is 2.38. The average molecular weight is 309 g/mol. The number of rotatable bonds is 5. The van der Waals surface area contributed by atoms with Crippen LogP contribution in [0, 0.1) is 0 Å². The number of nitrogens with one attached hydrogen (secondary N) is 1. The highest BCUT2D eigenvalue weighted by Crippen LogP contribution is 2.29. The average Bonchev–Trinajstić information content (AvgIpc) is 2.35. The molecule has 1 fully saturated rings. The standard InChI is InChI=1S/C13H22F3N3O2/c1-19(8-10(20)18-9-13(14,15)16)11(21)7-12(17)5-3-2-4-6-12/h2-9,17H2,1H3,(H,18,20). The molecule has 0 atom stereocenters. The largest absolute Gasteiger partial charge is 0.405 e. The van der Waals surface area contributed by atoms with Gasteiger partial charge in [-0.1, -0.05) is 19.3 Å². The second-order valence-electron chi connectivity index (χ2n) is 5.74. The Labute approximate surface area is 122 Å². The van der Waals surface area contributed by atoms with Crippen molar-refractivity contribution >= 4 is 11.8 Å². The van der Waals surface area contributed by atoms with Crippen molar-refractivity contribution in [2.24, 2.45) is 5.73 Å². The topological polar surface area (TPSA) is 75.4 Å². The minimum Gasteiger partial charge on any atom is -0.345 e. The number of hydrogen-bond acceptors (Lipinski definition) is 3. The van der Waals surface area contributed by atoms with Crippen LogP contribution in [0.3, 0.4) is 0 Å². The molecule has 0 aromatic rings. The molecule has 8 heteroatoms. The zero-order valence-electron chi connectivity index (χ0n) is 12.1. The SMILES string of the molecule is CN(CC(=O)NCC(F)(F)F)C(=O)CC1(N)CCCCC1. The van der Waals surface area contributed by atoms with Crippen molar-refractivity contribution in [3.05, 3.63) is 0 Å². The Kier molecular flexibility index (Phi) is 6.00. The van der Waals surface area contributed by atoms with E-state index in [1.165, 1.54) is 7.05 Å². The minimum absolute atomic E-state index is 0.121. The summed E-state index contributed by atoms with van der Waals surface area (Å²) in [6.07, 6.45) is 0.222. The molecule has 2 amide bonds. The van der Waals surface area contributed by atoms with Gasteiger partial charge in [0.15, 0.2) is 0 Å². The van der Waals surface area contributed by atoms with Crippen LogP contribution < -0.4 is 11.1 Å². The Bertz CT molecular complexity index is 379. The number of likely N-dealkylation sites (N-methyl/N-ethyl adjacent to an activating group) is 1. The summed E-state index contributed by atoms with van der Waals surface area (Å²) in [7, 11) is 1.39. The molecule has 5 nitrogen and oxygen atoms in total. The molecule has 1 aliphatic rings. The van der Waals surface area contributed by atoms with E-state index in [4.69, 9.17) is 5.73 Å². The summed E-state index contributed by atoms with van der Waals surface area (Å²) < 4.78 is 35.9. The van der Waals surface area contributed by atoms with Gasteiger partial charge in [-0.25, -0.2) is 0 Å². The van der Waals surface area contributed by atoms with Gasteiger partial charge >= 0.3 is 6.18 Å². The van der Waals surface area contributed by atoms with Crippen LogP contribution in [0.15, 0.2) is 0 Å². The summed E-state index contributed by atoms with van der Waals surface area (Å²) in [6.45, 7) is -1.79. The highest BCUT2D eigenvalue weighted by Gasteiger charge is 2.32. The van der Waals surface area contributed by atoms with Gasteiger partial charge in [-0.3, -0.25) is 9.59 Å². The number of nitrogens with zero attached hydrogens (tertiary/aromatic N) is 1. The Morgan fingerprint density at radius 2 is 1.81 bits per heavy atom. The maximum absolute atomic E-state index is 12.0. The third-order valence-electron chi connectivity index (χ3n) is 3.65. The van der Waals surface area contributed by atoms with E-state index in [1.807, 2.05) is 0 Å². The lowest BCUT2D eigenvalue weighted by Gasteiger charge is -2.34. The smallest absolute Gasteiger partial charge is 0.345 e. The molecule has 1 saturated carbocycles. The van der Waals surface area contributed by atoms with Crippen LogP contribution in [0.2, 0.25) is 0 Å². The van der Waals surface area contributed by atoms with Gasteiger partial charge in [-0.2, -0.15) is 13.2 Å². The summed E-state index contributed by atoms with van der Waals surface area (Å²) in [4.78, 5) is 24.5. The van der Waals surface area contributed by atoms with E-state index in [1.54, 1.807) is 5.32 Å². The fourth-order valence-corrected chi connectivity index (χ4v) is 2.43. The number of nitrogens with two attached hydrogens (primary N) is 1. The molecule has 21 heavy (non-hydrogen) atoms. The van der Waals surface area contributed by atoms with E-state index in [2.05, 4.69) is 0 Å². The highest BCUT2D eigenvalue weighted by atomic mass is 19.4. The molecule has 0 saturated heterocycles. The van der Waals surface area contributed by atoms with Crippen LogP contribution in [-0.2, 0) is 9.59 Å². The first kappa shape index (κ1) is 17.7. The van der Waals surface area contributed by atoms with E-state index in [9.17, 15) is 22.8 Å². The van der Waals surface area contributed by atoms with Gasteiger partial charge in [0.05, 0.1) is 6.54 Å². The number of hydrogen-bond donors (Lipinski definition) is 2. The third kappa shape index (κ3) is 6.79. The summed E-state index contributed by atoms with van der Waals surface area (Å²) >= 11 is 0. The summed E-state index contributed by atoms with van der Waals surface area (Å²) in [5.41, 5.74) is 5.60. The molecular formula is C13H22F3N3O2. The predicted octanol–water partition coefficient (Wildman–Crippen LogP) is 1.17. The molecule has 0 spiro atoms. The van der Waals surface area contributed by atoms with E-state index in [0.717, 1.165) is 37.0 Å². The molecule has 0 aliphatic heterocycles. The molecule has 0 aromatic heterocycles. The summed E-state index contributed by atoms with van der Waals surface area (Å²) in [5, 5.41) is 1.73. The van der Waals surface area contributed by atoms with Crippen molar-refractivity contribution in [1.82, 2.24) is 10.2 Å². The fourth-order valence-electron chi connectivity index (χ4n) is 2.43. The number of alkyl halides is 3. The molecular weight excluding hydrogens is 287 g/mol. The lowest BCUT2D eigenvalue weighted by molar-refractivity contribution is -0.142. The first-order valence-electron chi connectivity index (χ1n) is 6.98. The van der Waals surface area contributed by atoms with Crippen molar-refractivity contribution in [1.29, 1.82) is 0 Å². The van der Waals surface area contributed by atoms with Crippen molar-refractivity contribution in [2.75, 3.05) is 20.1 Å². The van der Waals surface area contributed by atoms with E-state index >= 15 is 0 Å². The Hall–Kier alpha value is -1.31. The van der Waals surface area contributed by atoms with E-state index in [-0.39, 0.29) is 12.3 Å². The van der Waals surface area contributed by atoms with Gasteiger partial charge < -0.3 is 16.0 Å². The van der Waals surface area contributed by atoms with Crippen LogP contribution in [0.25, 0.3) is 0 Å². The zero-order valence-corrected chi connectivity index (χ0v) is 12.1. The Morgan fingerprint density at radius 1 is 1.24 bits per heavy atom. The molecule has 3 N–H and O–H groups in total. The second-order valence-corrected chi connectivity index (χ2v) is 5.74. The van der Waals surface area contributed by atoms with Gasteiger partial charge in [0.2, 0.25) is 11.8 Å². The lowest BCUT2D eigenvalue weighted by Crippen LogP contribution is -2.48.